The molecule has 4 rings (SSSR count). The number of nitrogens with one attached hydrogen (secondary N) is 1. The zero-order valence-electron chi connectivity index (χ0n) is 15.2. The van der Waals surface area contributed by atoms with Crippen molar-refractivity contribution in [2.75, 3.05) is 5.32 Å². The summed E-state index contributed by atoms with van der Waals surface area (Å²) in [7, 11) is 0. The quantitative estimate of drug-likeness (QED) is 0.709. The molecule has 0 saturated carbocycles. The highest BCUT2D eigenvalue weighted by Gasteiger charge is 2.23. The molecule has 0 spiro atoms. The SMILES string of the molecule is C[C@H]1CCc2c(sc3ncn(CC(=O)Nc4cc(Cl)ccc4C#N)c(=O)c23)C1. The highest BCUT2D eigenvalue weighted by Crippen LogP contribution is 2.35. The van der Waals surface area contributed by atoms with Crippen molar-refractivity contribution in [3.8, 4) is 6.07 Å². The van der Waals surface area contributed by atoms with Gasteiger partial charge in [-0.1, -0.05) is 18.5 Å². The van der Waals surface area contributed by atoms with E-state index < -0.39 is 5.91 Å². The van der Waals surface area contributed by atoms with Gasteiger partial charge in [0.2, 0.25) is 5.91 Å². The number of carbonyl (C=O) groups is 1. The van der Waals surface area contributed by atoms with E-state index in [1.165, 1.54) is 27.9 Å². The zero-order valence-corrected chi connectivity index (χ0v) is 16.7. The summed E-state index contributed by atoms with van der Waals surface area (Å²) in [6.45, 7) is 2.04. The molecule has 0 saturated heterocycles. The fourth-order valence-electron chi connectivity index (χ4n) is 3.54. The number of amides is 1. The average Bonchev–Trinajstić information content (AvgIpc) is 3.02. The molecule has 6 nitrogen and oxygen atoms in total. The van der Waals surface area contributed by atoms with Crippen LogP contribution in [0.15, 0.2) is 29.3 Å². The van der Waals surface area contributed by atoms with E-state index in [-0.39, 0.29) is 12.1 Å². The van der Waals surface area contributed by atoms with Crippen LogP contribution in [0.5, 0.6) is 0 Å². The highest BCUT2D eigenvalue weighted by atomic mass is 35.5. The molecular formula is C20H17ClN4O2S. The minimum absolute atomic E-state index is 0.180. The van der Waals surface area contributed by atoms with E-state index in [1.54, 1.807) is 17.4 Å². The van der Waals surface area contributed by atoms with Crippen molar-refractivity contribution < 1.29 is 4.79 Å². The number of fused-ring (bicyclic) bond motifs is 3. The van der Waals surface area contributed by atoms with Crippen molar-refractivity contribution in [3.05, 3.63) is 55.9 Å². The minimum Gasteiger partial charge on any atom is -0.323 e. The van der Waals surface area contributed by atoms with Gasteiger partial charge in [0.15, 0.2) is 0 Å². The molecule has 0 fully saturated rings. The van der Waals surface area contributed by atoms with Crippen LogP contribution in [0.25, 0.3) is 10.2 Å². The van der Waals surface area contributed by atoms with Gasteiger partial charge in [0.1, 0.15) is 17.4 Å². The van der Waals surface area contributed by atoms with Crippen LogP contribution in [0.2, 0.25) is 5.02 Å². The number of carbonyl (C=O) groups excluding carboxylic acids is 1. The maximum absolute atomic E-state index is 13.0. The van der Waals surface area contributed by atoms with Gasteiger partial charge in [-0.3, -0.25) is 14.2 Å². The number of anilines is 1. The third-order valence-corrected chi connectivity index (χ3v) is 6.37. The van der Waals surface area contributed by atoms with Crippen LogP contribution in [-0.4, -0.2) is 15.5 Å². The topological polar surface area (TPSA) is 87.8 Å². The third kappa shape index (κ3) is 3.41. The molecule has 1 atom stereocenters. The lowest BCUT2D eigenvalue weighted by molar-refractivity contribution is -0.116. The Labute approximate surface area is 170 Å². The Bertz CT molecular complexity index is 1190. The molecular weight excluding hydrogens is 396 g/mol. The summed E-state index contributed by atoms with van der Waals surface area (Å²) in [4.78, 5) is 31.8. The van der Waals surface area contributed by atoms with Crippen molar-refractivity contribution in [3.63, 3.8) is 0 Å². The van der Waals surface area contributed by atoms with Crippen LogP contribution in [0.4, 0.5) is 5.69 Å². The molecule has 0 unspecified atom stereocenters. The number of aryl methyl sites for hydroxylation is 1. The molecule has 1 aliphatic carbocycles. The van der Waals surface area contributed by atoms with Gasteiger partial charge in [0.25, 0.3) is 5.56 Å². The number of benzene rings is 1. The number of thiophene rings is 1. The summed E-state index contributed by atoms with van der Waals surface area (Å²) in [5.41, 5.74) is 1.52. The molecule has 1 N–H and O–H groups in total. The Morgan fingerprint density at radius 2 is 2.32 bits per heavy atom. The van der Waals surface area contributed by atoms with Crippen molar-refractivity contribution in [1.82, 2.24) is 9.55 Å². The minimum atomic E-state index is -0.417. The summed E-state index contributed by atoms with van der Waals surface area (Å²) >= 11 is 7.53. The van der Waals surface area contributed by atoms with Gasteiger partial charge in [-0.25, -0.2) is 4.98 Å². The van der Waals surface area contributed by atoms with Gasteiger partial charge in [0.05, 0.1) is 23.0 Å². The van der Waals surface area contributed by atoms with Gasteiger partial charge >= 0.3 is 0 Å². The first-order chi connectivity index (χ1) is 13.5. The second-order valence-electron chi connectivity index (χ2n) is 7.06. The van der Waals surface area contributed by atoms with Gasteiger partial charge in [-0.15, -0.1) is 11.3 Å². The van der Waals surface area contributed by atoms with Crippen molar-refractivity contribution >= 4 is 44.7 Å². The summed E-state index contributed by atoms with van der Waals surface area (Å²) in [6, 6.07) is 6.64. The van der Waals surface area contributed by atoms with Crippen LogP contribution >= 0.6 is 22.9 Å². The number of nitriles is 1. The van der Waals surface area contributed by atoms with E-state index in [0.717, 1.165) is 29.7 Å². The first-order valence-electron chi connectivity index (χ1n) is 8.95. The lowest BCUT2D eigenvalue weighted by Gasteiger charge is -2.17. The molecule has 2 heterocycles. The molecule has 1 amide bonds. The Morgan fingerprint density at radius 1 is 1.50 bits per heavy atom. The fourth-order valence-corrected chi connectivity index (χ4v) is 5.05. The standard InChI is InChI=1S/C20H17ClN4O2S/c1-11-2-5-14-16(6-11)28-19-18(14)20(27)25(10-23-19)9-17(26)24-15-7-13(21)4-3-12(15)8-22/h3-4,7,10-11H,2,5-6,9H2,1H3,(H,24,26)/t11-/m0/s1. The first kappa shape index (κ1) is 18.7. The Hall–Kier alpha value is -2.69. The molecule has 1 aromatic carbocycles. The summed E-state index contributed by atoms with van der Waals surface area (Å²) < 4.78 is 1.32. The molecule has 142 valence electrons. The monoisotopic (exact) mass is 412 g/mol. The second kappa shape index (κ2) is 7.38. The average molecular weight is 413 g/mol. The molecule has 0 aliphatic heterocycles. The van der Waals surface area contributed by atoms with E-state index in [1.807, 2.05) is 6.07 Å². The van der Waals surface area contributed by atoms with E-state index >= 15 is 0 Å². The number of hydrogen-bond donors (Lipinski definition) is 1. The van der Waals surface area contributed by atoms with Crippen LogP contribution in [-0.2, 0) is 24.2 Å². The lowest BCUT2D eigenvalue weighted by Crippen LogP contribution is -2.28. The zero-order chi connectivity index (χ0) is 19.8. The molecule has 3 aromatic rings. The summed E-state index contributed by atoms with van der Waals surface area (Å²) in [6.07, 6.45) is 4.32. The predicted molar refractivity (Wildman–Crippen MR) is 110 cm³/mol. The first-order valence-corrected chi connectivity index (χ1v) is 10.1. The molecule has 2 aromatic heterocycles. The number of hydrogen-bond acceptors (Lipinski definition) is 5. The maximum Gasteiger partial charge on any atom is 0.262 e. The highest BCUT2D eigenvalue weighted by molar-refractivity contribution is 7.18. The number of halogens is 1. The van der Waals surface area contributed by atoms with Crippen LogP contribution in [0.1, 0.15) is 29.3 Å². The van der Waals surface area contributed by atoms with Crippen LogP contribution < -0.4 is 10.9 Å². The van der Waals surface area contributed by atoms with E-state index in [9.17, 15) is 14.9 Å². The van der Waals surface area contributed by atoms with Gasteiger partial charge in [0, 0.05) is 9.90 Å². The largest absolute Gasteiger partial charge is 0.323 e. The molecule has 1 aliphatic rings. The number of aromatic nitrogens is 2. The third-order valence-electron chi connectivity index (χ3n) is 4.97. The van der Waals surface area contributed by atoms with Gasteiger partial charge in [-0.05, 0) is 48.9 Å². The van der Waals surface area contributed by atoms with Gasteiger partial charge in [-0.2, -0.15) is 5.26 Å². The number of nitrogens with zero attached hydrogens (tertiary/aromatic N) is 3. The fraction of sp³-hybridized carbons (Fsp3) is 0.300. The van der Waals surface area contributed by atoms with E-state index in [2.05, 4.69) is 17.2 Å². The normalized spacial score (nSPS) is 15.8. The van der Waals surface area contributed by atoms with Crippen molar-refractivity contribution in [2.24, 2.45) is 5.92 Å². The summed E-state index contributed by atoms with van der Waals surface area (Å²) in [5.74, 6) is 0.195. The number of rotatable bonds is 3. The van der Waals surface area contributed by atoms with Crippen molar-refractivity contribution in [1.29, 1.82) is 5.26 Å². The maximum atomic E-state index is 13.0. The lowest BCUT2D eigenvalue weighted by atomic mass is 9.89. The van der Waals surface area contributed by atoms with Crippen LogP contribution in [0, 0.1) is 17.2 Å². The van der Waals surface area contributed by atoms with E-state index in [0.29, 0.717) is 27.6 Å². The predicted octanol–water partition coefficient (Wildman–Crippen LogP) is 3.75. The summed E-state index contributed by atoms with van der Waals surface area (Å²) in [5, 5.41) is 12.9. The van der Waals surface area contributed by atoms with E-state index in [4.69, 9.17) is 11.6 Å². The van der Waals surface area contributed by atoms with Crippen molar-refractivity contribution in [2.45, 2.75) is 32.7 Å². The molecule has 8 heteroatoms. The molecule has 0 bridgehead atoms. The Kier molecular flexibility index (Phi) is 4.92. The second-order valence-corrected chi connectivity index (χ2v) is 8.58. The van der Waals surface area contributed by atoms with Crippen LogP contribution in [0.3, 0.4) is 0 Å². The smallest absolute Gasteiger partial charge is 0.262 e. The molecule has 28 heavy (non-hydrogen) atoms. The Morgan fingerprint density at radius 3 is 3.11 bits per heavy atom. The Balaban J connectivity index is 1.63. The molecule has 0 radical (unpaired) electrons. The van der Waals surface area contributed by atoms with Gasteiger partial charge < -0.3 is 5.32 Å².